The molecule has 1 amide bonds. The van der Waals surface area contributed by atoms with E-state index in [1.54, 1.807) is 0 Å². The van der Waals surface area contributed by atoms with Gasteiger partial charge in [-0.15, -0.1) is 0 Å². The highest BCUT2D eigenvalue weighted by atomic mass is 19.4. The Balaban J connectivity index is 2.85. The Hall–Kier alpha value is -2.03. The Morgan fingerprint density at radius 3 is 2.63 bits per heavy atom. The first kappa shape index (κ1) is 15.0. The average molecular weight is 273 g/mol. The van der Waals surface area contributed by atoms with Crippen molar-refractivity contribution in [2.24, 2.45) is 0 Å². The molecule has 1 aromatic carbocycles. The number of alkyl halides is 3. The van der Waals surface area contributed by atoms with E-state index >= 15 is 0 Å². The number of rotatable bonds is 2. The predicted molar refractivity (Wildman–Crippen MR) is 61.6 cm³/mol. The van der Waals surface area contributed by atoms with Crippen molar-refractivity contribution in [3.05, 3.63) is 35.1 Å². The van der Waals surface area contributed by atoms with Gasteiger partial charge in [0.1, 0.15) is 5.82 Å². The van der Waals surface area contributed by atoms with E-state index < -0.39 is 23.1 Å². The van der Waals surface area contributed by atoms with Crippen LogP contribution in [0.15, 0.2) is 18.2 Å². The zero-order chi connectivity index (χ0) is 14.5. The topological polar surface area (TPSA) is 29.1 Å². The molecule has 6 heteroatoms. The molecule has 0 heterocycles. The molecule has 102 valence electrons. The third-order valence-electron chi connectivity index (χ3n) is 2.13. The molecule has 0 aliphatic heterocycles. The van der Waals surface area contributed by atoms with E-state index in [0.717, 1.165) is 12.1 Å². The van der Waals surface area contributed by atoms with Crippen LogP contribution in [-0.4, -0.2) is 12.5 Å². The molecule has 0 unspecified atom stereocenters. The lowest BCUT2D eigenvalue weighted by Gasteiger charge is -2.08. The third kappa shape index (κ3) is 5.00. The van der Waals surface area contributed by atoms with E-state index in [1.807, 2.05) is 0 Å². The quantitative estimate of drug-likeness (QED) is 0.501. The molecule has 1 N–H and O–H groups in total. The summed E-state index contributed by atoms with van der Waals surface area (Å²) in [6.07, 6.45) is -4.39. The molecule has 0 saturated carbocycles. The molecule has 0 atom stereocenters. The van der Waals surface area contributed by atoms with Gasteiger partial charge in [-0.05, 0) is 18.2 Å². The first-order valence-corrected chi connectivity index (χ1v) is 5.41. The maximum Gasteiger partial charge on any atom is 0.417 e. The minimum atomic E-state index is -4.57. The number of hydrogen-bond acceptors (Lipinski definition) is 1. The van der Waals surface area contributed by atoms with Crippen LogP contribution in [0.1, 0.15) is 24.5 Å². The maximum absolute atomic E-state index is 12.9. The van der Waals surface area contributed by atoms with E-state index in [9.17, 15) is 22.4 Å². The summed E-state index contributed by atoms with van der Waals surface area (Å²) in [7, 11) is 0. The van der Waals surface area contributed by atoms with Gasteiger partial charge < -0.3 is 5.32 Å². The molecule has 0 spiro atoms. The Morgan fingerprint density at radius 1 is 1.37 bits per heavy atom. The standard InChI is InChI=1S/C13H11F4NO/c1-9(19)18-7-3-2-4-10-8-11(14)5-6-12(10)13(15,16)17/h5-6,8H,3,7H2,1H3,(H,18,19). The van der Waals surface area contributed by atoms with Crippen molar-refractivity contribution in [1.82, 2.24) is 5.32 Å². The van der Waals surface area contributed by atoms with Crippen LogP contribution >= 0.6 is 0 Å². The predicted octanol–water partition coefficient (Wildman–Crippen LogP) is 2.72. The maximum atomic E-state index is 12.9. The summed E-state index contributed by atoms with van der Waals surface area (Å²) in [5.41, 5.74) is -1.38. The Morgan fingerprint density at radius 2 is 2.05 bits per heavy atom. The number of carbonyl (C=O) groups excluding carboxylic acids is 1. The van der Waals surface area contributed by atoms with Crippen LogP contribution in [0.3, 0.4) is 0 Å². The fraction of sp³-hybridized carbons (Fsp3) is 0.308. The first-order valence-electron chi connectivity index (χ1n) is 5.41. The normalized spacial score (nSPS) is 10.6. The Kier molecular flexibility index (Phi) is 4.93. The molecule has 2 nitrogen and oxygen atoms in total. The second-order valence-corrected chi connectivity index (χ2v) is 3.72. The molecule has 0 radical (unpaired) electrons. The third-order valence-corrected chi connectivity index (χ3v) is 2.13. The Labute approximate surface area is 107 Å². The van der Waals surface area contributed by atoms with Crippen LogP contribution < -0.4 is 5.32 Å². The molecule has 19 heavy (non-hydrogen) atoms. The van der Waals surface area contributed by atoms with Gasteiger partial charge in [0.2, 0.25) is 5.91 Å². The van der Waals surface area contributed by atoms with Gasteiger partial charge in [-0.1, -0.05) is 11.8 Å². The molecule has 0 aliphatic carbocycles. The van der Waals surface area contributed by atoms with Gasteiger partial charge in [-0.3, -0.25) is 4.79 Å². The number of carbonyl (C=O) groups is 1. The van der Waals surface area contributed by atoms with E-state index in [0.29, 0.717) is 6.07 Å². The summed E-state index contributed by atoms with van der Waals surface area (Å²) < 4.78 is 50.8. The smallest absolute Gasteiger partial charge is 0.355 e. The van der Waals surface area contributed by atoms with Crippen LogP contribution in [0.5, 0.6) is 0 Å². The van der Waals surface area contributed by atoms with E-state index in [-0.39, 0.29) is 18.9 Å². The van der Waals surface area contributed by atoms with E-state index in [2.05, 4.69) is 17.2 Å². The SMILES string of the molecule is CC(=O)NCCC#Cc1cc(F)ccc1C(F)(F)F. The van der Waals surface area contributed by atoms with E-state index in [4.69, 9.17) is 0 Å². The number of amides is 1. The minimum absolute atomic E-state index is 0.188. The van der Waals surface area contributed by atoms with Crippen molar-refractivity contribution in [2.45, 2.75) is 19.5 Å². The van der Waals surface area contributed by atoms with Crippen molar-refractivity contribution in [1.29, 1.82) is 0 Å². The lowest BCUT2D eigenvalue weighted by atomic mass is 10.1. The second-order valence-electron chi connectivity index (χ2n) is 3.72. The van der Waals surface area contributed by atoms with Crippen LogP contribution in [0.25, 0.3) is 0 Å². The largest absolute Gasteiger partial charge is 0.417 e. The molecule has 0 aromatic heterocycles. The van der Waals surface area contributed by atoms with Crippen molar-refractivity contribution in [3.8, 4) is 11.8 Å². The van der Waals surface area contributed by atoms with Crippen molar-refractivity contribution in [3.63, 3.8) is 0 Å². The number of benzene rings is 1. The zero-order valence-electron chi connectivity index (χ0n) is 10.1. The zero-order valence-corrected chi connectivity index (χ0v) is 10.1. The molecule has 0 aliphatic rings. The summed E-state index contributed by atoms with van der Waals surface area (Å²) in [6, 6.07) is 2.15. The summed E-state index contributed by atoms with van der Waals surface area (Å²) >= 11 is 0. The van der Waals surface area contributed by atoms with Gasteiger partial charge >= 0.3 is 6.18 Å². The van der Waals surface area contributed by atoms with Gasteiger partial charge in [0.25, 0.3) is 0 Å². The van der Waals surface area contributed by atoms with E-state index in [1.165, 1.54) is 6.92 Å². The fourth-order valence-corrected chi connectivity index (χ4v) is 1.33. The molecule has 0 saturated heterocycles. The highest BCUT2D eigenvalue weighted by molar-refractivity contribution is 5.72. The minimum Gasteiger partial charge on any atom is -0.355 e. The van der Waals surface area contributed by atoms with Gasteiger partial charge in [-0.2, -0.15) is 13.2 Å². The highest BCUT2D eigenvalue weighted by Crippen LogP contribution is 2.31. The molecule has 1 aromatic rings. The molecular formula is C13H11F4NO. The summed E-state index contributed by atoms with van der Waals surface area (Å²) in [6.45, 7) is 1.56. The lowest BCUT2D eigenvalue weighted by Crippen LogP contribution is -2.20. The van der Waals surface area contributed by atoms with Crippen LogP contribution in [-0.2, 0) is 11.0 Å². The van der Waals surface area contributed by atoms with Crippen molar-refractivity contribution < 1.29 is 22.4 Å². The monoisotopic (exact) mass is 273 g/mol. The average Bonchev–Trinajstić information content (AvgIpc) is 2.26. The molecule has 0 fully saturated rings. The molecule has 0 bridgehead atoms. The number of hydrogen-bond donors (Lipinski definition) is 1. The Bertz CT molecular complexity index is 526. The van der Waals surface area contributed by atoms with Gasteiger partial charge in [0.15, 0.2) is 0 Å². The summed E-state index contributed by atoms with van der Waals surface area (Å²) in [5, 5.41) is 2.45. The number of nitrogens with one attached hydrogen (secondary N) is 1. The molecular weight excluding hydrogens is 262 g/mol. The van der Waals surface area contributed by atoms with Crippen LogP contribution in [0.4, 0.5) is 17.6 Å². The number of halogens is 4. The highest BCUT2D eigenvalue weighted by Gasteiger charge is 2.33. The van der Waals surface area contributed by atoms with Crippen LogP contribution in [0, 0.1) is 17.7 Å². The lowest BCUT2D eigenvalue weighted by molar-refractivity contribution is -0.137. The van der Waals surface area contributed by atoms with Crippen molar-refractivity contribution >= 4 is 5.91 Å². The summed E-state index contributed by atoms with van der Waals surface area (Å²) in [5.74, 6) is 3.71. The van der Waals surface area contributed by atoms with Gasteiger partial charge in [0.05, 0.1) is 5.56 Å². The van der Waals surface area contributed by atoms with Gasteiger partial charge in [-0.25, -0.2) is 4.39 Å². The molecule has 1 rings (SSSR count). The first-order chi connectivity index (χ1) is 8.80. The van der Waals surface area contributed by atoms with Crippen LogP contribution in [0.2, 0.25) is 0 Å². The summed E-state index contributed by atoms with van der Waals surface area (Å²) in [4.78, 5) is 10.5. The fourth-order valence-electron chi connectivity index (χ4n) is 1.33. The van der Waals surface area contributed by atoms with Gasteiger partial charge in [0, 0.05) is 25.5 Å². The second kappa shape index (κ2) is 6.23. The van der Waals surface area contributed by atoms with Crippen molar-refractivity contribution in [2.75, 3.05) is 6.54 Å².